The fourth-order valence-corrected chi connectivity index (χ4v) is 9.74. The SMILES string of the molecule is CN(C)[C@H]1C[C@@]23CC[C@]4(O2)C2CC=C(c5ccc6[nH]nc(N)c6c5)[C@@]2(C)CCC4(Cl)CC3[C@@H](O)[C@@H]1O. The molecule has 1 aromatic carbocycles. The highest BCUT2D eigenvalue weighted by Crippen LogP contribution is 2.73. The first kappa shape index (κ1) is 23.5. The van der Waals surface area contributed by atoms with Crippen LogP contribution in [0.3, 0.4) is 0 Å². The van der Waals surface area contributed by atoms with E-state index in [4.69, 9.17) is 22.1 Å². The van der Waals surface area contributed by atoms with Crippen molar-refractivity contribution >= 4 is 33.9 Å². The normalized spacial score (nSPS) is 47.5. The number of nitrogens with zero attached hydrogens (tertiary/aromatic N) is 2. The number of halogens is 1. The molecule has 7 rings (SSSR count). The Hall–Kier alpha value is -1.64. The topological polar surface area (TPSA) is 108 Å². The minimum Gasteiger partial charge on any atom is -0.390 e. The third-order valence-corrected chi connectivity index (χ3v) is 11.8. The third kappa shape index (κ3) is 2.71. The minimum atomic E-state index is -0.824. The van der Waals surface area contributed by atoms with Gasteiger partial charge in [-0.25, -0.2) is 0 Å². The lowest BCUT2D eigenvalue weighted by atomic mass is 9.52. The van der Waals surface area contributed by atoms with E-state index >= 15 is 0 Å². The Morgan fingerprint density at radius 2 is 1.94 bits per heavy atom. The van der Waals surface area contributed by atoms with Crippen molar-refractivity contribution in [1.29, 1.82) is 0 Å². The quantitative estimate of drug-likeness (QED) is 0.457. The number of nitrogens with two attached hydrogens (primary N) is 1. The number of aliphatic hydroxyl groups is 2. The van der Waals surface area contributed by atoms with Gasteiger partial charge in [-0.1, -0.05) is 19.1 Å². The van der Waals surface area contributed by atoms with Crippen molar-refractivity contribution in [2.45, 2.75) is 86.2 Å². The van der Waals surface area contributed by atoms with E-state index in [1.54, 1.807) is 0 Å². The van der Waals surface area contributed by atoms with Crippen LogP contribution in [0.2, 0.25) is 0 Å². The summed E-state index contributed by atoms with van der Waals surface area (Å²) in [4.78, 5) is 1.50. The molecule has 3 unspecified atom stereocenters. The van der Waals surface area contributed by atoms with Crippen LogP contribution in [0.15, 0.2) is 24.3 Å². The van der Waals surface area contributed by atoms with Crippen molar-refractivity contribution in [2.75, 3.05) is 19.8 Å². The number of hydrogen-bond donors (Lipinski definition) is 4. The molecule has 2 bridgehead atoms. The standard InChI is InChI=1S/C28H37ClN4O3/c1-25-8-10-27(29)13-18-22(34)23(35)20(33(2)3)14-26(18)9-11-28(27,36-26)21(25)7-5-17(25)15-4-6-19-16(12-15)24(30)32-31-19/h4-6,12,18,20-23,34-35H,7-11,13-14H2,1-3H3,(H3,30,31,32)/t18?,20-,21?,22+,23+,25+,26+,27?,28-/m0/s1. The number of nitrogen functional groups attached to an aromatic ring is 1. The lowest BCUT2D eigenvalue weighted by molar-refractivity contribution is -0.276. The Bertz CT molecular complexity index is 1280. The van der Waals surface area contributed by atoms with Gasteiger partial charge in [0, 0.05) is 23.3 Å². The lowest BCUT2D eigenvalue weighted by Crippen LogP contribution is -2.72. The zero-order valence-corrected chi connectivity index (χ0v) is 22.1. The molecule has 7 nitrogen and oxygen atoms in total. The van der Waals surface area contributed by atoms with Crippen molar-refractivity contribution in [1.82, 2.24) is 15.1 Å². The van der Waals surface area contributed by atoms with Crippen LogP contribution in [0.4, 0.5) is 5.82 Å². The van der Waals surface area contributed by atoms with Gasteiger partial charge in [0.25, 0.3) is 0 Å². The highest BCUT2D eigenvalue weighted by Gasteiger charge is 2.76. The van der Waals surface area contributed by atoms with Gasteiger partial charge >= 0.3 is 0 Å². The summed E-state index contributed by atoms with van der Waals surface area (Å²) in [6.07, 6.45) is 6.76. The van der Waals surface area contributed by atoms with Gasteiger partial charge in [-0.3, -0.25) is 5.10 Å². The number of likely N-dealkylation sites (N-methyl/N-ethyl adjacent to an activating group) is 1. The molecule has 36 heavy (non-hydrogen) atoms. The monoisotopic (exact) mass is 512 g/mol. The fraction of sp³-hybridized carbons (Fsp3) is 0.679. The van der Waals surface area contributed by atoms with Gasteiger partial charge in [0.05, 0.1) is 33.8 Å². The molecule has 2 aromatic rings. The molecule has 5 aliphatic rings. The Labute approximate surface area is 217 Å². The zero-order chi connectivity index (χ0) is 25.3. The van der Waals surface area contributed by atoms with Crippen LogP contribution in [0.1, 0.15) is 57.4 Å². The molecule has 3 heterocycles. The molecule has 4 fully saturated rings. The maximum atomic E-state index is 11.3. The van der Waals surface area contributed by atoms with Crippen LogP contribution in [0, 0.1) is 17.3 Å². The molecule has 2 saturated carbocycles. The number of benzene rings is 1. The first-order valence-corrected chi connectivity index (χ1v) is 13.8. The average Bonchev–Trinajstić information content (AvgIpc) is 3.50. The number of allylic oxidation sites excluding steroid dienone is 2. The molecule has 2 aliphatic heterocycles. The highest BCUT2D eigenvalue weighted by atomic mass is 35.5. The van der Waals surface area contributed by atoms with E-state index in [9.17, 15) is 10.2 Å². The Morgan fingerprint density at radius 1 is 1.14 bits per heavy atom. The summed E-state index contributed by atoms with van der Waals surface area (Å²) in [6.45, 7) is 2.40. The van der Waals surface area contributed by atoms with Gasteiger partial charge in [-0.2, -0.15) is 5.10 Å². The van der Waals surface area contributed by atoms with Crippen LogP contribution in [0.25, 0.3) is 16.5 Å². The number of hydrogen-bond acceptors (Lipinski definition) is 6. The van der Waals surface area contributed by atoms with Crippen molar-refractivity contribution in [3.63, 3.8) is 0 Å². The number of fused-ring (bicyclic) bond motifs is 2. The number of rotatable bonds is 2. The number of alkyl halides is 1. The lowest BCUT2D eigenvalue weighted by Gasteiger charge is -2.65. The molecule has 9 atom stereocenters. The number of nitrogens with one attached hydrogen (secondary N) is 1. The van der Waals surface area contributed by atoms with Crippen LogP contribution >= 0.6 is 11.6 Å². The first-order chi connectivity index (χ1) is 17.0. The second-order valence-electron chi connectivity index (χ2n) is 12.7. The molecule has 5 N–H and O–H groups in total. The molecular weight excluding hydrogens is 476 g/mol. The number of H-pyrrole nitrogens is 1. The molecule has 3 aliphatic carbocycles. The molecule has 2 saturated heterocycles. The highest BCUT2D eigenvalue weighted by molar-refractivity contribution is 6.25. The Balaban J connectivity index is 1.28. The largest absolute Gasteiger partial charge is 0.390 e. The number of aromatic nitrogens is 2. The van der Waals surface area contributed by atoms with Gasteiger partial charge in [0.1, 0.15) is 0 Å². The number of anilines is 1. The van der Waals surface area contributed by atoms with E-state index < -0.39 is 28.3 Å². The van der Waals surface area contributed by atoms with E-state index in [0.29, 0.717) is 12.2 Å². The summed E-state index contributed by atoms with van der Waals surface area (Å²) in [7, 11) is 3.96. The second kappa shape index (κ2) is 7.26. The van der Waals surface area contributed by atoms with E-state index in [1.807, 2.05) is 19.0 Å². The molecule has 0 radical (unpaired) electrons. The predicted molar refractivity (Wildman–Crippen MR) is 141 cm³/mol. The summed E-state index contributed by atoms with van der Waals surface area (Å²) in [5, 5.41) is 30.4. The minimum absolute atomic E-state index is 0.0589. The molecule has 194 valence electrons. The summed E-state index contributed by atoms with van der Waals surface area (Å²) >= 11 is 7.62. The van der Waals surface area contributed by atoms with E-state index in [0.717, 1.165) is 49.4 Å². The van der Waals surface area contributed by atoms with Gasteiger partial charge in [0.15, 0.2) is 5.82 Å². The molecule has 2 spiro atoms. The van der Waals surface area contributed by atoms with E-state index in [2.05, 4.69) is 41.4 Å². The van der Waals surface area contributed by atoms with Crippen molar-refractivity contribution < 1.29 is 14.9 Å². The van der Waals surface area contributed by atoms with Gasteiger partial charge in [-0.05, 0) is 87.7 Å². The summed E-state index contributed by atoms with van der Waals surface area (Å²) < 4.78 is 7.32. The fourth-order valence-electron chi connectivity index (χ4n) is 9.21. The number of aliphatic hydroxyl groups excluding tert-OH is 2. The molecule has 0 amide bonds. The summed E-state index contributed by atoms with van der Waals surface area (Å²) in [5.74, 6) is 0.661. The van der Waals surface area contributed by atoms with Gasteiger partial charge < -0.3 is 25.6 Å². The van der Waals surface area contributed by atoms with Crippen LogP contribution in [-0.4, -0.2) is 73.7 Å². The van der Waals surface area contributed by atoms with Gasteiger partial charge in [-0.15, -0.1) is 11.6 Å². The van der Waals surface area contributed by atoms with Gasteiger partial charge in [0.2, 0.25) is 0 Å². The van der Waals surface area contributed by atoms with Crippen LogP contribution in [0.5, 0.6) is 0 Å². The number of aromatic amines is 1. The number of ether oxygens (including phenoxy) is 1. The zero-order valence-electron chi connectivity index (χ0n) is 21.3. The molecule has 8 heteroatoms. The Kier molecular flexibility index (Phi) is 4.74. The molecular formula is C28H37ClN4O3. The van der Waals surface area contributed by atoms with E-state index in [-0.39, 0.29) is 23.3 Å². The summed E-state index contributed by atoms with van der Waals surface area (Å²) in [6, 6.07) is 6.28. The maximum Gasteiger partial charge on any atom is 0.153 e. The van der Waals surface area contributed by atoms with Crippen LogP contribution in [-0.2, 0) is 4.74 Å². The predicted octanol–water partition coefficient (Wildman–Crippen LogP) is 3.69. The van der Waals surface area contributed by atoms with Crippen molar-refractivity contribution in [2.24, 2.45) is 17.3 Å². The third-order valence-electron chi connectivity index (χ3n) is 11.1. The summed E-state index contributed by atoms with van der Waals surface area (Å²) in [5.41, 5.74) is 8.72. The second-order valence-corrected chi connectivity index (χ2v) is 13.5. The molecule has 1 aromatic heterocycles. The van der Waals surface area contributed by atoms with Crippen molar-refractivity contribution in [3.8, 4) is 0 Å². The maximum absolute atomic E-state index is 11.3. The average molecular weight is 513 g/mol. The smallest absolute Gasteiger partial charge is 0.153 e. The van der Waals surface area contributed by atoms with Crippen LogP contribution < -0.4 is 5.73 Å². The van der Waals surface area contributed by atoms with E-state index in [1.165, 1.54) is 11.1 Å². The Morgan fingerprint density at radius 3 is 2.72 bits per heavy atom. The first-order valence-electron chi connectivity index (χ1n) is 13.4. The van der Waals surface area contributed by atoms with Crippen molar-refractivity contribution in [3.05, 3.63) is 29.8 Å².